The lowest BCUT2D eigenvalue weighted by Gasteiger charge is -2.66. The van der Waals surface area contributed by atoms with Gasteiger partial charge in [-0.3, -0.25) is 0 Å². The number of rotatable bonds is 5. The average molecular weight is 923 g/mol. The molecule has 8 aromatic carbocycles. The van der Waals surface area contributed by atoms with E-state index in [0.29, 0.717) is 16.2 Å². The molecule has 1 aromatic heterocycles. The summed E-state index contributed by atoms with van der Waals surface area (Å²) in [4.78, 5) is 2.88. The fraction of sp³-hybridized carbons (Fsp3) is 0.304. The van der Waals surface area contributed by atoms with Crippen LogP contribution in [0, 0.1) is 46.3 Å². The highest BCUT2D eigenvalue weighted by Crippen LogP contribution is 2.86. The van der Waals surface area contributed by atoms with Gasteiger partial charge in [-0.05, 0) is 219 Å². The van der Waals surface area contributed by atoms with E-state index in [1.54, 1.807) is 11.1 Å². The molecule has 0 saturated heterocycles. The van der Waals surface area contributed by atoms with Crippen LogP contribution in [0.1, 0.15) is 97.6 Å². The van der Waals surface area contributed by atoms with E-state index >= 15 is 0 Å². The number of nitrogens with zero attached hydrogens (tertiary/aromatic N) is 2. The summed E-state index contributed by atoms with van der Waals surface area (Å²) < 4.78 is 2.80. The van der Waals surface area contributed by atoms with Crippen LogP contribution >= 0.6 is 0 Å². The highest BCUT2D eigenvalue weighted by molar-refractivity contribution is 6.93. The minimum atomic E-state index is -0.533. The second-order valence-electron chi connectivity index (χ2n) is 25.9. The van der Waals surface area contributed by atoms with E-state index in [2.05, 4.69) is 185 Å². The molecule has 344 valence electrons. The predicted octanol–water partition coefficient (Wildman–Crippen LogP) is 14.5. The highest BCUT2D eigenvalue weighted by Gasteiger charge is 2.78. The van der Waals surface area contributed by atoms with Crippen molar-refractivity contribution in [3.05, 3.63) is 209 Å². The zero-order valence-electron chi connectivity index (χ0n) is 40.8. The molecule has 2 spiro atoms. The molecule has 0 radical (unpaired) electrons. The largest absolute Gasteiger partial charge is 0.376 e. The van der Waals surface area contributed by atoms with Gasteiger partial charge in [-0.2, -0.15) is 0 Å². The number of hydrogen-bond acceptors (Lipinski definition) is 1. The number of para-hydroxylation sites is 2. The van der Waals surface area contributed by atoms with Gasteiger partial charge in [0.2, 0.25) is 0 Å². The van der Waals surface area contributed by atoms with Crippen molar-refractivity contribution in [1.29, 1.82) is 0 Å². The first-order valence-corrected chi connectivity index (χ1v) is 28.0. The second-order valence-corrected chi connectivity index (χ2v) is 25.9. The Hall–Kier alpha value is -6.58. The molecule has 3 aliphatic heterocycles. The van der Waals surface area contributed by atoms with Crippen LogP contribution < -0.4 is 15.7 Å². The molecule has 72 heavy (non-hydrogen) atoms. The van der Waals surface area contributed by atoms with E-state index in [0.717, 1.165) is 35.5 Å². The molecule has 8 fully saturated rings. The van der Waals surface area contributed by atoms with Crippen LogP contribution in [0.4, 0.5) is 11.4 Å². The topological polar surface area (TPSA) is 8.17 Å². The monoisotopic (exact) mass is 922 g/mol. The Balaban J connectivity index is 0.921. The SMILES string of the molecule is c1ccc(-c2cc3c4c(c2)-n2c5ccc(C67CC8CC9CC(C6)C98C7)cc5c5cc(C67CC8CC9CC(C6)C98C7)cc(c52)B4N2c4ccccc4C(c4ccccc4)(c4ccccc4)c4cccc-3c42)cc1. The third-order valence-corrected chi connectivity index (χ3v) is 24.1. The van der Waals surface area contributed by atoms with Crippen molar-refractivity contribution in [2.24, 2.45) is 46.3 Å². The van der Waals surface area contributed by atoms with Gasteiger partial charge in [0.25, 0.3) is 0 Å². The third-order valence-electron chi connectivity index (χ3n) is 24.1. The molecule has 20 rings (SSSR count). The summed E-state index contributed by atoms with van der Waals surface area (Å²) in [5.74, 6) is 5.81. The fourth-order valence-corrected chi connectivity index (χ4v) is 21.7. The maximum absolute atomic E-state index is 2.88. The minimum absolute atomic E-state index is 0.0120. The number of benzene rings is 8. The van der Waals surface area contributed by atoms with Gasteiger partial charge in [-0.25, -0.2) is 0 Å². The van der Waals surface area contributed by atoms with Crippen LogP contribution in [-0.4, -0.2) is 11.4 Å². The molecule has 3 heteroatoms. The second kappa shape index (κ2) is 12.1. The summed E-state index contributed by atoms with van der Waals surface area (Å²) in [5, 5.41) is 3.02. The van der Waals surface area contributed by atoms with Crippen LogP contribution in [0.3, 0.4) is 0 Å². The van der Waals surface area contributed by atoms with E-state index in [1.165, 1.54) is 159 Å². The first kappa shape index (κ1) is 38.1. The first-order chi connectivity index (χ1) is 35.5. The molecular formula is C69H55BN2. The van der Waals surface area contributed by atoms with Crippen LogP contribution in [0.5, 0.6) is 0 Å². The molecular weight excluding hydrogens is 868 g/mol. The summed E-state index contributed by atoms with van der Waals surface area (Å²) in [6.45, 7) is -0.0120. The van der Waals surface area contributed by atoms with Crippen LogP contribution in [0.15, 0.2) is 176 Å². The maximum Gasteiger partial charge on any atom is 0.333 e. The third kappa shape index (κ3) is 3.91. The Morgan fingerprint density at radius 3 is 1.68 bits per heavy atom. The van der Waals surface area contributed by atoms with Crippen molar-refractivity contribution < 1.29 is 0 Å². The van der Waals surface area contributed by atoms with E-state index in [9.17, 15) is 0 Å². The zero-order valence-corrected chi connectivity index (χ0v) is 40.8. The smallest absolute Gasteiger partial charge is 0.333 e. The number of aromatic nitrogens is 1. The first-order valence-electron chi connectivity index (χ1n) is 28.0. The summed E-state index contributed by atoms with van der Waals surface area (Å²) in [6.07, 6.45) is 14.5. The average Bonchev–Trinajstić information content (AvgIpc) is 4.20. The van der Waals surface area contributed by atoms with Crippen molar-refractivity contribution in [3.63, 3.8) is 0 Å². The van der Waals surface area contributed by atoms with Gasteiger partial charge < -0.3 is 9.38 Å². The molecule has 0 amide bonds. The van der Waals surface area contributed by atoms with E-state index < -0.39 is 5.41 Å². The Morgan fingerprint density at radius 1 is 0.431 bits per heavy atom. The molecule has 8 saturated carbocycles. The van der Waals surface area contributed by atoms with Gasteiger partial charge >= 0.3 is 6.85 Å². The van der Waals surface area contributed by atoms with Gasteiger partial charge in [0, 0.05) is 33.4 Å². The number of fused-ring (bicyclic) bond motifs is 11. The predicted molar refractivity (Wildman–Crippen MR) is 292 cm³/mol. The lowest BCUT2D eigenvalue weighted by atomic mass is 9.38. The van der Waals surface area contributed by atoms with Crippen molar-refractivity contribution in [2.45, 2.75) is 80.5 Å². The standard InChI is InChI=1S/C69H55BN2/c1-4-13-40(14-5-1)41-25-54-52-19-12-21-57-63(52)72(60-22-11-10-20-56(60)69(57,42-15-6-2-7-16-42)43-17-8-3-9-18-43)70-58-33-45(66-36-50-29-47-30-51(37-66)68(47,50)39-66)32-55-53-31-44(23-24-59(53)71(64(55)58)61(26-41)62(54)70)65-34-48-27-46-28-49(35-65)67(46,48)38-65/h1-26,31-33,46-51H,27-30,34-39H2. The summed E-state index contributed by atoms with van der Waals surface area (Å²) in [6, 6.07) is 70.0. The molecule has 11 aliphatic rings. The van der Waals surface area contributed by atoms with Gasteiger partial charge in [-0.15, -0.1) is 0 Å². The molecule has 4 atom stereocenters. The van der Waals surface area contributed by atoms with Crippen LogP contribution in [-0.2, 0) is 16.2 Å². The number of anilines is 2. The summed E-state index contributed by atoms with van der Waals surface area (Å²) in [7, 11) is 0. The normalized spacial score (nSPS) is 33.6. The molecule has 0 N–H and O–H groups in total. The number of hydrogen-bond donors (Lipinski definition) is 0. The highest BCUT2D eigenvalue weighted by atomic mass is 15.1. The van der Waals surface area contributed by atoms with E-state index in [-0.39, 0.29) is 12.3 Å². The Bertz CT molecular complexity index is 3910. The van der Waals surface area contributed by atoms with E-state index in [1.807, 2.05) is 0 Å². The Morgan fingerprint density at radius 2 is 1.03 bits per heavy atom. The molecule has 4 bridgehead atoms. The fourth-order valence-electron chi connectivity index (χ4n) is 21.7. The van der Waals surface area contributed by atoms with Gasteiger partial charge in [0.1, 0.15) is 0 Å². The molecule has 4 unspecified atom stereocenters. The lowest BCUT2D eigenvalue weighted by molar-refractivity contribution is -0.175. The Kier molecular flexibility index (Phi) is 6.40. The van der Waals surface area contributed by atoms with Crippen molar-refractivity contribution in [2.75, 3.05) is 4.81 Å². The van der Waals surface area contributed by atoms with Crippen molar-refractivity contribution in [3.8, 4) is 27.9 Å². The minimum Gasteiger partial charge on any atom is -0.376 e. The Labute approximate surface area is 422 Å². The van der Waals surface area contributed by atoms with Gasteiger partial charge in [0.15, 0.2) is 0 Å². The molecule has 2 nitrogen and oxygen atoms in total. The summed E-state index contributed by atoms with van der Waals surface area (Å²) in [5.41, 5.74) is 25.3. The van der Waals surface area contributed by atoms with Crippen molar-refractivity contribution >= 4 is 51.0 Å². The molecule has 8 aliphatic carbocycles. The van der Waals surface area contributed by atoms with Gasteiger partial charge in [0.05, 0.1) is 16.4 Å². The molecule has 4 heterocycles. The lowest BCUT2D eigenvalue weighted by Crippen LogP contribution is -2.62. The summed E-state index contributed by atoms with van der Waals surface area (Å²) >= 11 is 0. The van der Waals surface area contributed by atoms with Crippen LogP contribution in [0.25, 0.3) is 49.7 Å². The van der Waals surface area contributed by atoms with E-state index in [4.69, 9.17) is 0 Å². The maximum atomic E-state index is 2.88. The van der Waals surface area contributed by atoms with Gasteiger partial charge in [-0.1, -0.05) is 140 Å². The van der Waals surface area contributed by atoms with Crippen LogP contribution in [0.2, 0.25) is 0 Å². The van der Waals surface area contributed by atoms with Crippen molar-refractivity contribution in [1.82, 2.24) is 4.57 Å². The molecule has 9 aromatic rings. The quantitative estimate of drug-likeness (QED) is 0.156. The zero-order chi connectivity index (χ0) is 46.2.